The second kappa shape index (κ2) is 5.09. The van der Waals surface area contributed by atoms with Gasteiger partial charge in [-0.15, -0.1) is 0 Å². The molecule has 1 atom stereocenters. The van der Waals surface area contributed by atoms with Crippen molar-refractivity contribution in [2.75, 3.05) is 0 Å². The van der Waals surface area contributed by atoms with E-state index in [1.807, 2.05) is 26.0 Å². The number of aryl methyl sites for hydroxylation is 1. The fraction of sp³-hybridized carbons (Fsp3) is 0.267. The SMILES string of the molecule is Cc1ccc([C@H](C)NCc2nc3cc(F)ccc3o2)o1. The van der Waals surface area contributed by atoms with Crippen LogP contribution in [-0.4, -0.2) is 4.98 Å². The molecule has 0 unspecified atom stereocenters. The van der Waals surface area contributed by atoms with E-state index in [-0.39, 0.29) is 11.9 Å². The molecule has 0 fully saturated rings. The first kappa shape index (κ1) is 12.9. The van der Waals surface area contributed by atoms with Crippen molar-refractivity contribution in [1.29, 1.82) is 0 Å². The molecule has 0 amide bonds. The lowest BCUT2D eigenvalue weighted by Gasteiger charge is -2.08. The summed E-state index contributed by atoms with van der Waals surface area (Å²) in [6, 6.07) is 8.22. The summed E-state index contributed by atoms with van der Waals surface area (Å²) in [4.78, 5) is 4.24. The molecule has 5 heteroatoms. The first-order chi connectivity index (χ1) is 9.61. The molecule has 4 nitrogen and oxygen atoms in total. The highest BCUT2D eigenvalue weighted by atomic mass is 19.1. The highest BCUT2D eigenvalue weighted by Crippen LogP contribution is 2.19. The van der Waals surface area contributed by atoms with Crippen molar-refractivity contribution in [3.05, 3.63) is 53.6 Å². The average molecular weight is 274 g/mol. The molecule has 0 saturated heterocycles. The molecule has 2 aromatic heterocycles. The van der Waals surface area contributed by atoms with Gasteiger partial charge in [-0.25, -0.2) is 9.37 Å². The Balaban J connectivity index is 1.70. The third-order valence-electron chi connectivity index (χ3n) is 3.14. The van der Waals surface area contributed by atoms with Crippen molar-refractivity contribution in [2.45, 2.75) is 26.4 Å². The fourth-order valence-electron chi connectivity index (χ4n) is 2.05. The van der Waals surface area contributed by atoms with E-state index < -0.39 is 0 Å². The molecule has 1 N–H and O–H groups in total. The number of nitrogens with zero attached hydrogens (tertiary/aromatic N) is 1. The Kier molecular flexibility index (Phi) is 3.28. The number of oxazole rings is 1. The number of fused-ring (bicyclic) bond motifs is 1. The van der Waals surface area contributed by atoms with Gasteiger partial charge in [0.1, 0.15) is 22.9 Å². The van der Waals surface area contributed by atoms with Gasteiger partial charge < -0.3 is 8.83 Å². The van der Waals surface area contributed by atoms with Gasteiger partial charge in [0, 0.05) is 6.07 Å². The van der Waals surface area contributed by atoms with Crippen molar-refractivity contribution in [3.63, 3.8) is 0 Å². The van der Waals surface area contributed by atoms with Gasteiger partial charge in [0.15, 0.2) is 5.58 Å². The smallest absolute Gasteiger partial charge is 0.209 e. The number of furan rings is 1. The van der Waals surface area contributed by atoms with Crippen molar-refractivity contribution >= 4 is 11.1 Å². The van der Waals surface area contributed by atoms with E-state index in [4.69, 9.17) is 8.83 Å². The van der Waals surface area contributed by atoms with Crippen LogP contribution in [0.1, 0.15) is 30.4 Å². The minimum Gasteiger partial charge on any atom is -0.465 e. The van der Waals surface area contributed by atoms with Gasteiger partial charge in [-0.1, -0.05) is 0 Å². The van der Waals surface area contributed by atoms with Crippen LogP contribution in [0.2, 0.25) is 0 Å². The zero-order valence-electron chi connectivity index (χ0n) is 11.3. The predicted octanol–water partition coefficient (Wildman–Crippen LogP) is 3.72. The number of benzene rings is 1. The van der Waals surface area contributed by atoms with Crippen LogP contribution in [0.3, 0.4) is 0 Å². The van der Waals surface area contributed by atoms with Gasteiger partial charge in [0.2, 0.25) is 5.89 Å². The minimum atomic E-state index is -0.315. The van der Waals surface area contributed by atoms with E-state index in [9.17, 15) is 4.39 Å². The maximum Gasteiger partial charge on any atom is 0.209 e. The summed E-state index contributed by atoms with van der Waals surface area (Å²) in [5.74, 6) is 1.96. The van der Waals surface area contributed by atoms with E-state index in [0.717, 1.165) is 11.5 Å². The number of rotatable bonds is 4. The molecular weight excluding hydrogens is 259 g/mol. The molecule has 0 aliphatic rings. The first-order valence-corrected chi connectivity index (χ1v) is 6.46. The molecule has 0 bridgehead atoms. The van der Waals surface area contributed by atoms with Crippen LogP contribution in [0.25, 0.3) is 11.1 Å². The van der Waals surface area contributed by atoms with Crippen molar-refractivity contribution in [3.8, 4) is 0 Å². The molecule has 2 heterocycles. The molecule has 3 rings (SSSR count). The lowest BCUT2D eigenvalue weighted by molar-refractivity contribution is 0.397. The number of hydrogen-bond donors (Lipinski definition) is 1. The summed E-state index contributed by atoms with van der Waals surface area (Å²) < 4.78 is 24.2. The lowest BCUT2D eigenvalue weighted by Crippen LogP contribution is -2.17. The van der Waals surface area contributed by atoms with E-state index in [1.165, 1.54) is 12.1 Å². The van der Waals surface area contributed by atoms with Crippen LogP contribution < -0.4 is 5.32 Å². The molecule has 104 valence electrons. The Bertz CT molecular complexity index is 732. The number of aromatic nitrogens is 1. The number of hydrogen-bond acceptors (Lipinski definition) is 4. The van der Waals surface area contributed by atoms with Crippen LogP contribution >= 0.6 is 0 Å². The molecule has 0 spiro atoms. The van der Waals surface area contributed by atoms with Crippen LogP contribution in [0.15, 0.2) is 39.2 Å². The molecule has 0 saturated carbocycles. The zero-order chi connectivity index (χ0) is 14.1. The standard InChI is InChI=1S/C15H15FN2O2/c1-9-3-5-13(19-9)10(2)17-8-15-18-12-7-11(16)4-6-14(12)20-15/h3-7,10,17H,8H2,1-2H3/t10-/m0/s1. The van der Waals surface area contributed by atoms with Crippen LogP contribution in [0.4, 0.5) is 4.39 Å². The van der Waals surface area contributed by atoms with Gasteiger partial charge in [-0.05, 0) is 38.1 Å². The van der Waals surface area contributed by atoms with Crippen LogP contribution in [0, 0.1) is 12.7 Å². The van der Waals surface area contributed by atoms with E-state index >= 15 is 0 Å². The number of nitrogens with one attached hydrogen (secondary N) is 1. The Morgan fingerprint density at radius 2 is 2.10 bits per heavy atom. The Labute approximate surface area is 115 Å². The molecule has 0 aliphatic carbocycles. The number of halogens is 1. The first-order valence-electron chi connectivity index (χ1n) is 6.46. The van der Waals surface area contributed by atoms with Gasteiger partial charge in [0.05, 0.1) is 12.6 Å². The maximum atomic E-state index is 13.1. The summed E-state index contributed by atoms with van der Waals surface area (Å²) in [7, 11) is 0. The maximum absolute atomic E-state index is 13.1. The van der Waals surface area contributed by atoms with Gasteiger partial charge >= 0.3 is 0 Å². The van der Waals surface area contributed by atoms with E-state index in [0.29, 0.717) is 23.5 Å². The van der Waals surface area contributed by atoms with Gasteiger partial charge in [0.25, 0.3) is 0 Å². The summed E-state index contributed by atoms with van der Waals surface area (Å²) in [6.45, 7) is 4.36. The molecule has 0 aliphatic heterocycles. The quantitative estimate of drug-likeness (QED) is 0.787. The van der Waals surface area contributed by atoms with E-state index in [1.54, 1.807) is 6.07 Å². The third-order valence-corrected chi connectivity index (χ3v) is 3.14. The lowest BCUT2D eigenvalue weighted by atomic mass is 10.2. The summed E-state index contributed by atoms with van der Waals surface area (Å²) in [6.07, 6.45) is 0. The summed E-state index contributed by atoms with van der Waals surface area (Å²) in [5.41, 5.74) is 1.12. The second-order valence-corrected chi connectivity index (χ2v) is 4.77. The normalized spacial score (nSPS) is 12.9. The fourth-order valence-corrected chi connectivity index (χ4v) is 2.05. The topological polar surface area (TPSA) is 51.2 Å². The van der Waals surface area contributed by atoms with Crippen LogP contribution in [0.5, 0.6) is 0 Å². The van der Waals surface area contributed by atoms with Crippen molar-refractivity contribution in [1.82, 2.24) is 10.3 Å². The third kappa shape index (κ3) is 2.58. The Morgan fingerprint density at radius 1 is 1.25 bits per heavy atom. The van der Waals surface area contributed by atoms with E-state index in [2.05, 4.69) is 10.3 Å². The highest BCUT2D eigenvalue weighted by Gasteiger charge is 2.11. The van der Waals surface area contributed by atoms with Crippen molar-refractivity contribution in [2.24, 2.45) is 0 Å². The average Bonchev–Trinajstić information content (AvgIpc) is 3.01. The van der Waals surface area contributed by atoms with Crippen molar-refractivity contribution < 1.29 is 13.2 Å². The van der Waals surface area contributed by atoms with Crippen LogP contribution in [-0.2, 0) is 6.54 Å². The zero-order valence-corrected chi connectivity index (χ0v) is 11.3. The monoisotopic (exact) mass is 274 g/mol. The Morgan fingerprint density at radius 3 is 2.85 bits per heavy atom. The predicted molar refractivity (Wildman–Crippen MR) is 72.7 cm³/mol. The van der Waals surface area contributed by atoms with Gasteiger partial charge in [-0.3, -0.25) is 5.32 Å². The molecule has 1 aromatic carbocycles. The Hall–Kier alpha value is -2.14. The summed E-state index contributed by atoms with van der Waals surface area (Å²) >= 11 is 0. The largest absolute Gasteiger partial charge is 0.465 e. The summed E-state index contributed by atoms with van der Waals surface area (Å²) in [5, 5.41) is 3.26. The second-order valence-electron chi connectivity index (χ2n) is 4.77. The molecule has 20 heavy (non-hydrogen) atoms. The minimum absolute atomic E-state index is 0.0513. The molecule has 3 aromatic rings. The highest BCUT2D eigenvalue weighted by molar-refractivity contribution is 5.72. The molecule has 0 radical (unpaired) electrons. The van der Waals surface area contributed by atoms with Gasteiger partial charge in [-0.2, -0.15) is 0 Å². The molecular formula is C15H15FN2O2.